The minimum atomic E-state index is -0.474. The lowest BCUT2D eigenvalue weighted by atomic mass is 10.2. The molecule has 0 saturated carbocycles. The van der Waals surface area contributed by atoms with Crippen LogP contribution in [-0.4, -0.2) is 54.0 Å². The summed E-state index contributed by atoms with van der Waals surface area (Å²) in [5, 5.41) is 20.3. The van der Waals surface area contributed by atoms with Crippen LogP contribution in [-0.2, 0) is 4.74 Å². The summed E-state index contributed by atoms with van der Waals surface area (Å²) in [6, 6.07) is 2.75. The van der Waals surface area contributed by atoms with Crippen molar-refractivity contribution in [3.8, 4) is 5.88 Å². The fourth-order valence-electron chi connectivity index (χ4n) is 2.11. The maximum Gasteiger partial charge on any atom is 0.311 e. The van der Waals surface area contributed by atoms with Crippen LogP contribution in [0.3, 0.4) is 0 Å². The van der Waals surface area contributed by atoms with Crippen molar-refractivity contribution >= 4 is 11.5 Å². The van der Waals surface area contributed by atoms with Gasteiger partial charge < -0.3 is 19.5 Å². The van der Waals surface area contributed by atoms with Gasteiger partial charge in [0.1, 0.15) is 0 Å². The van der Waals surface area contributed by atoms with Crippen LogP contribution in [0.2, 0.25) is 0 Å². The first kappa shape index (κ1) is 14.5. The molecule has 1 aliphatic rings. The summed E-state index contributed by atoms with van der Waals surface area (Å²) in [6.45, 7) is 2.47. The number of anilines is 1. The molecule has 2 atom stereocenters. The fraction of sp³-hybridized carbons (Fsp3) is 0.583. The molecule has 0 radical (unpaired) electrons. The second-order valence-electron chi connectivity index (χ2n) is 4.59. The highest BCUT2D eigenvalue weighted by molar-refractivity contribution is 5.60. The van der Waals surface area contributed by atoms with Gasteiger partial charge >= 0.3 is 5.69 Å². The molecule has 1 aliphatic heterocycles. The van der Waals surface area contributed by atoms with Gasteiger partial charge in [0, 0.05) is 18.7 Å². The third-order valence-corrected chi connectivity index (χ3v) is 3.22. The zero-order valence-corrected chi connectivity index (χ0v) is 11.4. The van der Waals surface area contributed by atoms with Gasteiger partial charge in [0.25, 0.3) is 0 Å². The zero-order valence-electron chi connectivity index (χ0n) is 11.4. The third kappa shape index (κ3) is 2.81. The number of nitro groups is 1. The third-order valence-electron chi connectivity index (χ3n) is 3.22. The van der Waals surface area contributed by atoms with E-state index in [0.29, 0.717) is 19.0 Å². The summed E-state index contributed by atoms with van der Waals surface area (Å²) in [5.74, 6) is 0.549. The quantitative estimate of drug-likeness (QED) is 0.637. The van der Waals surface area contributed by atoms with Crippen molar-refractivity contribution in [1.29, 1.82) is 0 Å². The Hall–Kier alpha value is -1.93. The minimum absolute atomic E-state index is 0.0730. The van der Waals surface area contributed by atoms with Crippen LogP contribution in [0.25, 0.3) is 0 Å². The molecule has 0 bridgehead atoms. The fourth-order valence-corrected chi connectivity index (χ4v) is 2.11. The molecular formula is C12H17N3O5. The predicted octanol–water partition coefficient (Wildman–Crippen LogP) is 0.584. The summed E-state index contributed by atoms with van der Waals surface area (Å²) in [5.41, 5.74) is -0.0868. The molecular weight excluding hydrogens is 266 g/mol. The number of rotatable bonds is 4. The normalized spacial score (nSPS) is 22.6. The van der Waals surface area contributed by atoms with Gasteiger partial charge in [-0.05, 0) is 6.92 Å². The van der Waals surface area contributed by atoms with Crippen molar-refractivity contribution in [2.24, 2.45) is 0 Å². The van der Waals surface area contributed by atoms with Crippen LogP contribution in [0.15, 0.2) is 12.1 Å². The van der Waals surface area contributed by atoms with E-state index in [0.717, 1.165) is 0 Å². The molecule has 1 fully saturated rings. The van der Waals surface area contributed by atoms with Gasteiger partial charge in [0.05, 0.1) is 37.4 Å². The summed E-state index contributed by atoms with van der Waals surface area (Å²) < 4.78 is 10.5. The first-order valence-electron chi connectivity index (χ1n) is 6.25. The molecule has 2 unspecified atom stereocenters. The van der Waals surface area contributed by atoms with Crippen LogP contribution in [0.4, 0.5) is 11.5 Å². The van der Waals surface area contributed by atoms with Crippen molar-refractivity contribution in [2.45, 2.75) is 19.1 Å². The zero-order chi connectivity index (χ0) is 14.7. The summed E-state index contributed by atoms with van der Waals surface area (Å²) in [6.07, 6.45) is -0.376. The molecule has 2 rings (SSSR count). The molecule has 1 saturated heterocycles. The highest BCUT2D eigenvalue weighted by Crippen LogP contribution is 2.31. The Bertz CT molecular complexity index is 496. The van der Waals surface area contributed by atoms with Crippen LogP contribution < -0.4 is 9.64 Å². The summed E-state index contributed by atoms with van der Waals surface area (Å²) >= 11 is 0. The Morgan fingerprint density at radius 3 is 3.00 bits per heavy atom. The van der Waals surface area contributed by atoms with E-state index in [1.165, 1.54) is 19.2 Å². The number of aliphatic hydroxyl groups excluding tert-OH is 1. The lowest BCUT2D eigenvalue weighted by Gasteiger charge is -2.37. The van der Waals surface area contributed by atoms with E-state index in [1.807, 2.05) is 6.92 Å². The monoisotopic (exact) mass is 283 g/mol. The van der Waals surface area contributed by atoms with Crippen LogP contribution in [0.5, 0.6) is 5.88 Å². The molecule has 0 spiro atoms. The summed E-state index contributed by atoms with van der Waals surface area (Å²) in [7, 11) is 1.46. The van der Waals surface area contributed by atoms with E-state index in [-0.39, 0.29) is 30.3 Å². The number of morpholine rings is 1. The molecule has 1 N–H and O–H groups in total. The average Bonchev–Trinajstić information content (AvgIpc) is 2.47. The maximum absolute atomic E-state index is 11.1. The van der Waals surface area contributed by atoms with Gasteiger partial charge in [-0.25, -0.2) is 0 Å². The molecule has 0 aliphatic carbocycles. The standard InChI is InChI=1S/C12H17N3O5/c1-8-7-20-9(6-16)5-14(8)12-10(15(17)18)3-4-11(13-12)19-2/h3-4,8-9,16H,5-7H2,1-2H3. The van der Waals surface area contributed by atoms with Gasteiger partial charge in [-0.1, -0.05) is 0 Å². The molecule has 110 valence electrons. The first-order valence-corrected chi connectivity index (χ1v) is 6.25. The molecule has 1 aromatic heterocycles. The Morgan fingerprint density at radius 1 is 1.65 bits per heavy atom. The highest BCUT2D eigenvalue weighted by Gasteiger charge is 2.31. The average molecular weight is 283 g/mol. The van der Waals surface area contributed by atoms with Crippen LogP contribution >= 0.6 is 0 Å². The number of aliphatic hydroxyl groups is 1. The van der Waals surface area contributed by atoms with E-state index in [1.54, 1.807) is 4.90 Å². The van der Waals surface area contributed by atoms with E-state index in [9.17, 15) is 15.2 Å². The second-order valence-corrected chi connectivity index (χ2v) is 4.59. The largest absolute Gasteiger partial charge is 0.481 e. The van der Waals surface area contributed by atoms with Crippen molar-refractivity contribution < 1.29 is 19.5 Å². The molecule has 2 heterocycles. The van der Waals surface area contributed by atoms with E-state index in [2.05, 4.69) is 4.98 Å². The van der Waals surface area contributed by atoms with Crippen molar-refractivity contribution in [1.82, 2.24) is 4.98 Å². The van der Waals surface area contributed by atoms with Gasteiger partial charge in [-0.3, -0.25) is 10.1 Å². The Morgan fingerprint density at radius 2 is 2.40 bits per heavy atom. The first-order chi connectivity index (χ1) is 9.56. The molecule has 8 nitrogen and oxygen atoms in total. The SMILES string of the molecule is COc1ccc([N+](=O)[O-])c(N2CC(CO)OCC2C)n1. The lowest BCUT2D eigenvalue weighted by Crippen LogP contribution is -2.50. The Labute approximate surface area is 116 Å². The topological polar surface area (TPSA) is 98.0 Å². The highest BCUT2D eigenvalue weighted by atomic mass is 16.6. The lowest BCUT2D eigenvalue weighted by molar-refractivity contribution is -0.384. The van der Waals surface area contributed by atoms with E-state index in [4.69, 9.17) is 9.47 Å². The smallest absolute Gasteiger partial charge is 0.311 e. The number of pyridine rings is 1. The van der Waals surface area contributed by atoms with Crippen LogP contribution in [0.1, 0.15) is 6.92 Å². The van der Waals surface area contributed by atoms with Gasteiger partial charge in [0.15, 0.2) is 0 Å². The molecule has 0 amide bonds. The molecule has 1 aromatic rings. The van der Waals surface area contributed by atoms with Gasteiger partial charge in [-0.15, -0.1) is 0 Å². The van der Waals surface area contributed by atoms with E-state index < -0.39 is 4.92 Å². The van der Waals surface area contributed by atoms with Gasteiger partial charge in [0.2, 0.25) is 11.7 Å². The minimum Gasteiger partial charge on any atom is -0.481 e. The number of nitrogens with zero attached hydrogens (tertiary/aromatic N) is 3. The van der Waals surface area contributed by atoms with Crippen molar-refractivity contribution in [3.05, 3.63) is 22.2 Å². The number of hydrogen-bond donors (Lipinski definition) is 1. The predicted molar refractivity (Wildman–Crippen MR) is 71.1 cm³/mol. The molecule has 0 aromatic carbocycles. The molecule has 8 heteroatoms. The maximum atomic E-state index is 11.1. The second kappa shape index (κ2) is 6.02. The van der Waals surface area contributed by atoms with Crippen LogP contribution in [0, 0.1) is 10.1 Å². The van der Waals surface area contributed by atoms with Crippen molar-refractivity contribution in [2.75, 3.05) is 31.8 Å². The Kier molecular flexibility index (Phi) is 4.35. The van der Waals surface area contributed by atoms with E-state index >= 15 is 0 Å². The molecule has 20 heavy (non-hydrogen) atoms. The number of aromatic nitrogens is 1. The summed E-state index contributed by atoms with van der Waals surface area (Å²) in [4.78, 5) is 16.6. The van der Waals surface area contributed by atoms with Gasteiger partial charge in [-0.2, -0.15) is 4.98 Å². The van der Waals surface area contributed by atoms with Crippen molar-refractivity contribution in [3.63, 3.8) is 0 Å². The number of methoxy groups -OCH3 is 1. The number of hydrogen-bond acceptors (Lipinski definition) is 7. The Balaban J connectivity index is 2.40. The number of ether oxygens (including phenoxy) is 2.